The van der Waals surface area contributed by atoms with Crippen molar-refractivity contribution in [3.8, 4) is 5.75 Å². The summed E-state index contributed by atoms with van der Waals surface area (Å²) in [7, 11) is -3.76. The van der Waals surface area contributed by atoms with Crippen LogP contribution < -0.4 is 10.5 Å². The Kier molecular flexibility index (Phi) is 3.68. The van der Waals surface area contributed by atoms with Gasteiger partial charge in [0.2, 0.25) is 9.84 Å². The van der Waals surface area contributed by atoms with E-state index < -0.39 is 21.3 Å². The number of nitrogens with two attached hydrogens (primary N) is 1. The maximum atomic E-state index is 13.3. The van der Waals surface area contributed by atoms with E-state index in [0.717, 1.165) is 16.7 Å². The summed E-state index contributed by atoms with van der Waals surface area (Å²) >= 11 is 0. The van der Waals surface area contributed by atoms with Gasteiger partial charge in [0.25, 0.3) is 5.91 Å². The highest BCUT2D eigenvalue weighted by Gasteiger charge is 2.45. The second-order valence-corrected chi connectivity index (χ2v) is 9.77. The first-order chi connectivity index (χ1) is 15.4. The molecule has 156 valence electrons. The average molecular weight is 440 g/mol. The van der Waals surface area contributed by atoms with E-state index in [1.807, 2.05) is 24.3 Å². The molecule has 2 heterocycles. The minimum atomic E-state index is -3.76. The van der Waals surface area contributed by atoms with Gasteiger partial charge >= 0.3 is 0 Å². The van der Waals surface area contributed by atoms with Crippen LogP contribution in [0.3, 0.4) is 0 Å². The molecule has 1 spiro atoms. The number of sulfone groups is 1. The van der Waals surface area contributed by atoms with E-state index >= 15 is 0 Å². The summed E-state index contributed by atoms with van der Waals surface area (Å²) in [4.78, 5) is 16.4. The fraction of sp³-hybridized carbons (Fsp3) is 0.0400. The highest BCUT2D eigenvalue weighted by Crippen LogP contribution is 2.48. The number of carbonyl (C=O) groups is 1. The van der Waals surface area contributed by atoms with Gasteiger partial charge in [-0.15, -0.1) is 0 Å². The van der Waals surface area contributed by atoms with Gasteiger partial charge in [0.05, 0.1) is 20.9 Å². The molecule has 0 saturated heterocycles. The summed E-state index contributed by atoms with van der Waals surface area (Å²) in [5.41, 5.74) is 8.02. The molecule has 0 aromatic heterocycles. The highest BCUT2D eigenvalue weighted by molar-refractivity contribution is 7.95. The van der Waals surface area contributed by atoms with E-state index in [9.17, 15) is 13.2 Å². The molecule has 1 atom stereocenters. The number of carbonyl (C=O) groups excluding carboxylic acids is 1. The molecular formula is C25H16N2O4S. The number of hydrogen-bond donors (Lipinski definition) is 1. The number of amides is 1. The molecule has 0 fully saturated rings. The normalized spacial score (nSPS) is 22.4. The van der Waals surface area contributed by atoms with Crippen LogP contribution in [-0.4, -0.2) is 25.8 Å². The van der Waals surface area contributed by atoms with Crippen molar-refractivity contribution in [3.63, 3.8) is 0 Å². The Labute approximate surface area is 184 Å². The Morgan fingerprint density at radius 2 is 1.78 bits per heavy atom. The maximum absolute atomic E-state index is 13.3. The van der Waals surface area contributed by atoms with E-state index in [0.29, 0.717) is 16.9 Å². The lowest BCUT2D eigenvalue weighted by molar-refractivity contribution is 0.101. The summed E-state index contributed by atoms with van der Waals surface area (Å²) in [5, 5.41) is 0. The lowest BCUT2D eigenvalue weighted by Gasteiger charge is -2.41. The molecule has 32 heavy (non-hydrogen) atoms. The molecule has 2 aliphatic heterocycles. The number of aliphatic imine (C=N–C) groups is 1. The van der Waals surface area contributed by atoms with Crippen LogP contribution in [0.5, 0.6) is 5.75 Å². The first-order valence-electron chi connectivity index (χ1n) is 9.97. The predicted molar refractivity (Wildman–Crippen MR) is 121 cm³/mol. The van der Waals surface area contributed by atoms with Crippen LogP contribution in [0.25, 0.3) is 6.08 Å². The van der Waals surface area contributed by atoms with Gasteiger partial charge in [-0.2, -0.15) is 4.99 Å². The molecule has 2 aromatic rings. The molecule has 2 aliphatic carbocycles. The summed E-state index contributed by atoms with van der Waals surface area (Å²) in [6.45, 7) is 0. The van der Waals surface area contributed by atoms with Crippen molar-refractivity contribution >= 4 is 27.7 Å². The van der Waals surface area contributed by atoms with Crippen molar-refractivity contribution in [1.82, 2.24) is 0 Å². The van der Waals surface area contributed by atoms with Crippen LogP contribution in [0.2, 0.25) is 0 Å². The highest BCUT2D eigenvalue weighted by atomic mass is 32.2. The number of amidine groups is 1. The zero-order chi connectivity index (χ0) is 22.1. The van der Waals surface area contributed by atoms with Crippen LogP contribution in [0.1, 0.15) is 21.5 Å². The minimum absolute atomic E-state index is 0.0967. The first-order valence-corrected chi connectivity index (χ1v) is 11.5. The second kappa shape index (κ2) is 6.27. The molecular weight excluding hydrogens is 424 g/mol. The number of hydrogen-bond acceptors (Lipinski definition) is 5. The number of ether oxygens (including phenoxy) is 1. The molecule has 2 aromatic carbocycles. The number of rotatable bonds is 2. The van der Waals surface area contributed by atoms with Crippen molar-refractivity contribution in [2.45, 2.75) is 10.5 Å². The number of fused-ring (bicyclic) bond motifs is 3. The van der Waals surface area contributed by atoms with Gasteiger partial charge in [0, 0.05) is 16.7 Å². The Morgan fingerprint density at radius 1 is 0.969 bits per heavy atom. The predicted octanol–water partition coefficient (Wildman–Crippen LogP) is 3.48. The van der Waals surface area contributed by atoms with Gasteiger partial charge in [-0.3, -0.25) is 4.79 Å². The van der Waals surface area contributed by atoms with E-state index in [1.54, 1.807) is 60.7 Å². The largest absolute Gasteiger partial charge is 0.472 e. The van der Waals surface area contributed by atoms with Crippen LogP contribution in [0.4, 0.5) is 0 Å². The zero-order valence-corrected chi connectivity index (χ0v) is 17.5. The molecule has 2 N–H and O–H groups in total. The summed E-state index contributed by atoms with van der Waals surface area (Å²) in [6.07, 6.45) is 12.6. The van der Waals surface area contributed by atoms with Crippen LogP contribution >= 0.6 is 0 Å². The molecule has 0 bridgehead atoms. The van der Waals surface area contributed by atoms with Crippen LogP contribution in [0, 0.1) is 0 Å². The minimum Gasteiger partial charge on any atom is -0.472 e. The van der Waals surface area contributed by atoms with E-state index in [2.05, 4.69) is 4.99 Å². The quantitative estimate of drug-likeness (QED) is 0.771. The lowest BCUT2D eigenvalue weighted by Crippen LogP contribution is -2.42. The molecule has 6 nitrogen and oxygen atoms in total. The van der Waals surface area contributed by atoms with Crippen LogP contribution in [-0.2, 0) is 9.84 Å². The van der Waals surface area contributed by atoms with E-state index in [4.69, 9.17) is 10.5 Å². The molecule has 1 unspecified atom stereocenters. The summed E-state index contributed by atoms with van der Waals surface area (Å²) < 4.78 is 33.2. The lowest BCUT2D eigenvalue weighted by atomic mass is 9.77. The molecule has 0 saturated carbocycles. The average Bonchev–Trinajstić information content (AvgIpc) is 3.10. The van der Waals surface area contributed by atoms with Gasteiger partial charge in [0.1, 0.15) is 11.6 Å². The van der Waals surface area contributed by atoms with Gasteiger partial charge in [0.15, 0.2) is 5.60 Å². The van der Waals surface area contributed by atoms with E-state index in [1.165, 1.54) is 0 Å². The Morgan fingerprint density at radius 3 is 2.59 bits per heavy atom. The fourth-order valence-corrected chi connectivity index (χ4v) is 5.81. The fourth-order valence-electron chi connectivity index (χ4n) is 4.45. The first kappa shape index (κ1) is 18.8. The molecule has 0 radical (unpaired) electrons. The van der Waals surface area contributed by atoms with Gasteiger partial charge < -0.3 is 10.5 Å². The van der Waals surface area contributed by atoms with Crippen molar-refractivity contribution in [2.24, 2.45) is 10.7 Å². The Balaban J connectivity index is 1.57. The smallest absolute Gasteiger partial charge is 0.279 e. The monoisotopic (exact) mass is 440 g/mol. The molecule has 7 heteroatoms. The van der Waals surface area contributed by atoms with Crippen molar-refractivity contribution in [2.75, 3.05) is 0 Å². The standard InChI is InChI=1S/C25H16N2O4S/c26-23-21-20(24(28)27-23)12-9-15-13-17-6-4-5-16-10-11-19(14-25(16,17)31-22(15)21)32(29,30)18-7-2-1-3-8-18/h1-14H,(H2,26,27,28). The zero-order valence-electron chi connectivity index (χ0n) is 16.6. The summed E-state index contributed by atoms with van der Waals surface area (Å²) in [5.74, 6) is 0.101. The van der Waals surface area contributed by atoms with Crippen LogP contribution in [0.15, 0.2) is 105 Å². The van der Waals surface area contributed by atoms with Gasteiger partial charge in [-0.1, -0.05) is 48.6 Å². The maximum Gasteiger partial charge on any atom is 0.279 e. The topological polar surface area (TPSA) is 98.8 Å². The van der Waals surface area contributed by atoms with Gasteiger partial charge in [-0.05, 0) is 36.4 Å². The number of benzene rings is 2. The van der Waals surface area contributed by atoms with Crippen molar-refractivity contribution in [1.29, 1.82) is 0 Å². The Bertz CT molecular complexity index is 1520. The van der Waals surface area contributed by atoms with Crippen molar-refractivity contribution in [3.05, 3.63) is 112 Å². The molecule has 6 rings (SSSR count). The summed E-state index contributed by atoms with van der Waals surface area (Å²) in [6, 6.07) is 11.8. The third-order valence-corrected chi connectivity index (χ3v) is 7.78. The number of allylic oxidation sites excluding steroid dienone is 3. The third-order valence-electron chi connectivity index (χ3n) is 6.02. The third kappa shape index (κ3) is 2.42. The van der Waals surface area contributed by atoms with Crippen molar-refractivity contribution < 1.29 is 17.9 Å². The van der Waals surface area contributed by atoms with E-state index in [-0.39, 0.29) is 15.6 Å². The number of nitrogens with zero attached hydrogens (tertiary/aromatic N) is 1. The Hall–Kier alpha value is -3.97. The second-order valence-electron chi connectivity index (χ2n) is 7.82. The molecule has 4 aliphatic rings. The SMILES string of the molecule is NC1=NC(=O)c2ccc3c(c21)OC12C=C(S(=O)(=O)c4ccccc4)C=CC1=CC=CC2=C3. The van der Waals surface area contributed by atoms with Gasteiger partial charge in [-0.25, -0.2) is 8.42 Å². The molecule has 1 amide bonds.